The molecule has 1 aromatic rings. The van der Waals surface area contributed by atoms with E-state index in [0.717, 1.165) is 19.4 Å². The average molecular weight is 239 g/mol. The van der Waals surface area contributed by atoms with E-state index in [9.17, 15) is 4.79 Å². The van der Waals surface area contributed by atoms with Crippen LogP contribution < -0.4 is 0 Å². The van der Waals surface area contributed by atoms with Gasteiger partial charge in [0.2, 0.25) is 11.8 Å². The van der Waals surface area contributed by atoms with Crippen LogP contribution in [0.5, 0.6) is 0 Å². The SMILES string of the molecule is CCc1nnc(CN2CCCCC2C(=O)O)o1. The number of hydrogen-bond donors (Lipinski definition) is 1. The molecule has 2 heterocycles. The Hall–Kier alpha value is -1.43. The molecule has 0 aliphatic carbocycles. The summed E-state index contributed by atoms with van der Waals surface area (Å²) in [7, 11) is 0. The van der Waals surface area contributed by atoms with Gasteiger partial charge in [-0.3, -0.25) is 9.69 Å². The monoisotopic (exact) mass is 239 g/mol. The molecular formula is C11H17N3O3. The first-order valence-electron chi connectivity index (χ1n) is 5.98. The minimum atomic E-state index is -0.764. The lowest BCUT2D eigenvalue weighted by Crippen LogP contribution is -2.44. The van der Waals surface area contributed by atoms with Gasteiger partial charge >= 0.3 is 5.97 Å². The Morgan fingerprint density at radius 2 is 2.24 bits per heavy atom. The zero-order chi connectivity index (χ0) is 12.3. The summed E-state index contributed by atoms with van der Waals surface area (Å²) in [4.78, 5) is 13.0. The minimum Gasteiger partial charge on any atom is -0.480 e. The lowest BCUT2D eigenvalue weighted by molar-refractivity contribution is -0.145. The fourth-order valence-corrected chi connectivity index (χ4v) is 2.13. The molecule has 2 rings (SSSR count). The third kappa shape index (κ3) is 2.82. The Balaban J connectivity index is 2.02. The van der Waals surface area contributed by atoms with Crippen LogP contribution in [0.3, 0.4) is 0 Å². The topological polar surface area (TPSA) is 79.5 Å². The van der Waals surface area contributed by atoms with E-state index in [2.05, 4.69) is 10.2 Å². The number of carboxylic acids is 1. The van der Waals surface area contributed by atoms with Gasteiger partial charge in [0.15, 0.2) is 0 Å². The zero-order valence-electron chi connectivity index (χ0n) is 9.93. The van der Waals surface area contributed by atoms with Gasteiger partial charge in [0.25, 0.3) is 0 Å². The molecule has 1 unspecified atom stereocenters. The molecule has 1 N–H and O–H groups in total. The molecular weight excluding hydrogens is 222 g/mol. The number of hydrogen-bond acceptors (Lipinski definition) is 5. The first-order chi connectivity index (χ1) is 8.20. The summed E-state index contributed by atoms with van der Waals surface area (Å²) in [6.45, 7) is 3.16. The predicted octanol–water partition coefficient (Wildman–Crippen LogP) is 1.07. The highest BCUT2D eigenvalue weighted by atomic mass is 16.4. The number of carbonyl (C=O) groups is 1. The third-order valence-electron chi connectivity index (χ3n) is 3.05. The highest BCUT2D eigenvalue weighted by Crippen LogP contribution is 2.19. The number of nitrogens with zero attached hydrogens (tertiary/aromatic N) is 3. The van der Waals surface area contributed by atoms with Gasteiger partial charge < -0.3 is 9.52 Å². The van der Waals surface area contributed by atoms with Crippen molar-refractivity contribution >= 4 is 5.97 Å². The van der Waals surface area contributed by atoms with Crippen molar-refractivity contribution in [3.05, 3.63) is 11.8 Å². The number of aliphatic carboxylic acids is 1. The number of piperidine rings is 1. The van der Waals surface area contributed by atoms with Crippen LogP contribution in [-0.4, -0.2) is 38.8 Å². The maximum atomic E-state index is 11.1. The van der Waals surface area contributed by atoms with Crippen molar-refractivity contribution in [2.75, 3.05) is 6.54 Å². The molecule has 94 valence electrons. The van der Waals surface area contributed by atoms with Crippen molar-refractivity contribution in [2.45, 2.75) is 45.2 Å². The first kappa shape index (κ1) is 12.0. The van der Waals surface area contributed by atoms with Gasteiger partial charge in [-0.2, -0.15) is 0 Å². The second-order valence-electron chi connectivity index (χ2n) is 4.26. The summed E-state index contributed by atoms with van der Waals surface area (Å²) >= 11 is 0. The van der Waals surface area contributed by atoms with Crippen LogP contribution in [0.4, 0.5) is 0 Å². The van der Waals surface area contributed by atoms with Crippen LogP contribution in [0, 0.1) is 0 Å². The van der Waals surface area contributed by atoms with Gasteiger partial charge in [0.05, 0.1) is 6.54 Å². The zero-order valence-corrected chi connectivity index (χ0v) is 9.93. The number of aromatic nitrogens is 2. The fourth-order valence-electron chi connectivity index (χ4n) is 2.13. The molecule has 1 saturated heterocycles. The van der Waals surface area contributed by atoms with Gasteiger partial charge in [-0.25, -0.2) is 0 Å². The Morgan fingerprint density at radius 3 is 2.88 bits per heavy atom. The van der Waals surface area contributed by atoms with Crippen molar-refractivity contribution in [3.63, 3.8) is 0 Å². The molecule has 1 aliphatic heterocycles. The molecule has 0 bridgehead atoms. The molecule has 17 heavy (non-hydrogen) atoms. The molecule has 1 aliphatic rings. The lowest BCUT2D eigenvalue weighted by Gasteiger charge is -2.31. The molecule has 1 aromatic heterocycles. The van der Waals surface area contributed by atoms with E-state index in [-0.39, 0.29) is 0 Å². The van der Waals surface area contributed by atoms with Gasteiger partial charge in [0.1, 0.15) is 6.04 Å². The quantitative estimate of drug-likeness (QED) is 0.846. The van der Waals surface area contributed by atoms with Crippen molar-refractivity contribution in [3.8, 4) is 0 Å². The van der Waals surface area contributed by atoms with Crippen LogP contribution in [0.25, 0.3) is 0 Å². The van der Waals surface area contributed by atoms with Crippen molar-refractivity contribution in [1.82, 2.24) is 15.1 Å². The highest BCUT2D eigenvalue weighted by molar-refractivity contribution is 5.73. The summed E-state index contributed by atoms with van der Waals surface area (Å²) in [5.74, 6) is 0.346. The Kier molecular flexibility index (Phi) is 3.73. The Morgan fingerprint density at radius 1 is 1.47 bits per heavy atom. The normalized spacial score (nSPS) is 21.6. The van der Waals surface area contributed by atoms with Crippen molar-refractivity contribution < 1.29 is 14.3 Å². The molecule has 1 atom stereocenters. The molecule has 0 spiro atoms. The molecule has 0 saturated carbocycles. The maximum Gasteiger partial charge on any atom is 0.320 e. The van der Waals surface area contributed by atoms with E-state index in [1.54, 1.807) is 0 Å². The lowest BCUT2D eigenvalue weighted by atomic mass is 10.0. The van der Waals surface area contributed by atoms with E-state index < -0.39 is 12.0 Å². The standard InChI is InChI=1S/C11H17N3O3/c1-2-9-12-13-10(17-9)7-14-6-4-3-5-8(14)11(15)16/h8H,2-7H2,1H3,(H,15,16). The van der Waals surface area contributed by atoms with Crippen molar-refractivity contribution in [1.29, 1.82) is 0 Å². The number of rotatable bonds is 4. The van der Waals surface area contributed by atoms with Crippen LogP contribution in [-0.2, 0) is 17.8 Å². The minimum absolute atomic E-state index is 0.416. The maximum absolute atomic E-state index is 11.1. The second kappa shape index (κ2) is 5.27. The largest absolute Gasteiger partial charge is 0.480 e. The van der Waals surface area contributed by atoms with E-state index in [1.807, 2.05) is 11.8 Å². The van der Waals surface area contributed by atoms with Gasteiger partial charge in [-0.15, -0.1) is 10.2 Å². The highest BCUT2D eigenvalue weighted by Gasteiger charge is 2.29. The van der Waals surface area contributed by atoms with Crippen LogP contribution >= 0.6 is 0 Å². The smallest absolute Gasteiger partial charge is 0.320 e. The average Bonchev–Trinajstić information content (AvgIpc) is 2.77. The molecule has 6 nitrogen and oxygen atoms in total. The molecule has 6 heteroatoms. The Labute approximate surface area is 99.6 Å². The molecule has 0 aromatic carbocycles. The summed E-state index contributed by atoms with van der Waals surface area (Å²) in [5.41, 5.74) is 0. The predicted molar refractivity (Wildman–Crippen MR) is 59.4 cm³/mol. The number of carboxylic acid groups (broad SMARTS) is 1. The molecule has 1 fully saturated rings. The third-order valence-corrected chi connectivity index (χ3v) is 3.05. The van der Waals surface area contributed by atoms with E-state index in [4.69, 9.17) is 9.52 Å². The van der Waals surface area contributed by atoms with E-state index in [1.165, 1.54) is 0 Å². The summed E-state index contributed by atoms with van der Waals surface area (Å²) < 4.78 is 5.41. The number of likely N-dealkylation sites (tertiary alicyclic amines) is 1. The van der Waals surface area contributed by atoms with Gasteiger partial charge in [-0.1, -0.05) is 13.3 Å². The first-order valence-corrected chi connectivity index (χ1v) is 5.98. The molecule has 0 radical (unpaired) electrons. The van der Waals surface area contributed by atoms with Crippen LogP contribution in [0.2, 0.25) is 0 Å². The second-order valence-corrected chi connectivity index (χ2v) is 4.26. The summed E-state index contributed by atoms with van der Waals surface area (Å²) in [6.07, 6.45) is 3.40. The summed E-state index contributed by atoms with van der Waals surface area (Å²) in [5, 5.41) is 16.9. The van der Waals surface area contributed by atoms with Crippen LogP contribution in [0.1, 0.15) is 38.0 Å². The van der Waals surface area contributed by atoms with E-state index >= 15 is 0 Å². The van der Waals surface area contributed by atoms with Crippen molar-refractivity contribution in [2.24, 2.45) is 0 Å². The number of aryl methyl sites for hydroxylation is 1. The summed E-state index contributed by atoms with van der Waals surface area (Å²) in [6, 6.07) is -0.416. The molecule has 0 amide bonds. The van der Waals surface area contributed by atoms with Crippen LogP contribution in [0.15, 0.2) is 4.42 Å². The fraction of sp³-hybridized carbons (Fsp3) is 0.727. The van der Waals surface area contributed by atoms with Gasteiger partial charge in [-0.05, 0) is 19.4 Å². The van der Waals surface area contributed by atoms with Gasteiger partial charge in [0, 0.05) is 6.42 Å². The van der Waals surface area contributed by atoms with E-state index in [0.29, 0.717) is 31.2 Å². The Bertz CT molecular complexity index is 391.